The highest BCUT2D eigenvalue weighted by atomic mass is 32.1. The summed E-state index contributed by atoms with van der Waals surface area (Å²) < 4.78 is 1.53. The Hall–Kier alpha value is -2.71. The van der Waals surface area contributed by atoms with Crippen LogP contribution in [0.15, 0.2) is 46.1 Å². The van der Waals surface area contributed by atoms with Crippen LogP contribution in [-0.4, -0.2) is 39.6 Å². The Labute approximate surface area is 167 Å². The first-order valence-corrected chi connectivity index (χ1v) is 10.3. The van der Waals surface area contributed by atoms with Crippen molar-refractivity contribution in [2.24, 2.45) is 7.05 Å². The average molecular weight is 398 g/mol. The number of fused-ring (bicyclic) bond motifs is 1. The van der Waals surface area contributed by atoms with Gasteiger partial charge >= 0.3 is 6.03 Å². The highest BCUT2D eigenvalue weighted by molar-refractivity contribution is 7.07. The van der Waals surface area contributed by atoms with E-state index < -0.39 is 0 Å². The maximum Gasteiger partial charge on any atom is 0.319 e. The number of aryl methyl sites for hydroxylation is 1. The molecule has 0 saturated carbocycles. The Balaban J connectivity index is 1.35. The van der Waals surface area contributed by atoms with E-state index >= 15 is 0 Å². The number of pyridine rings is 1. The number of hydrogen-bond acceptors (Lipinski definition) is 5. The number of anilines is 1. The van der Waals surface area contributed by atoms with Gasteiger partial charge in [0, 0.05) is 55.1 Å². The van der Waals surface area contributed by atoms with E-state index in [-0.39, 0.29) is 17.6 Å². The van der Waals surface area contributed by atoms with E-state index in [1.807, 2.05) is 17.6 Å². The van der Waals surface area contributed by atoms with E-state index in [2.05, 4.69) is 25.9 Å². The number of rotatable bonds is 4. The fraction of sp³-hybridized carbons (Fsp3) is 0.350. The molecule has 1 fully saturated rings. The molecule has 0 unspecified atom stereocenters. The predicted molar refractivity (Wildman–Crippen MR) is 112 cm³/mol. The Kier molecular flexibility index (Phi) is 5.40. The van der Waals surface area contributed by atoms with E-state index in [4.69, 9.17) is 0 Å². The quantitative estimate of drug-likeness (QED) is 0.710. The van der Waals surface area contributed by atoms with Crippen LogP contribution in [0.4, 0.5) is 10.5 Å². The second-order valence-corrected chi connectivity index (χ2v) is 7.85. The molecule has 4 rings (SSSR count). The molecule has 3 heterocycles. The molecule has 0 atom stereocenters. The van der Waals surface area contributed by atoms with Crippen molar-refractivity contribution in [3.8, 4) is 0 Å². The molecule has 1 aliphatic heterocycles. The van der Waals surface area contributed by atoms with Gasteiger partial charge in [-0.3, -0.25) is 9.69 Å². The van der Waals surface area contributed by atoms with Crippen LogP contribution in [0, 0.1) is 0 Å². The Morgan fingerprint density at radius 1 is 1.25 bits per heavy atom. The third-order valence-corrected chi connectivity index (χ3v) is 5.80. The SMILES string of the molecule is Cn1ccc2c(NC(=O)NC3CCN(Cc4cscn4)CC3)cccc2c1=O. The summed E-state index contributed by atoms with van der Waals surface area (Å²) >= 11 is 1.62. The number of amides is 2. The maximum atomic E-state index is 12.5. The van der Waals surface area contributed by atoms with Gasteiger partial charge in [0.2, 0.25) is 0 Å². The van der Waals surface area contributed by atoms with Crippen LogP contribution in [0.5, 0.6) is 0 Å². The summed E-state index contributed by atoms with van der Waals surface area (Å²) in [5.74, 6) is 0. The molecule has 8 heteroatoms. The van der Waals surface area contributed by atoms with Crippen LogP contribution < -0.4 is 16.2 Å². The first-order valence-electron chi connectivity index (χ1n) is 9.35. The number of thiazole rings is 1. The van der Waals surface area contributed by atoms with Crippen molar-refractivity contribution in [3.63, 3.8) is 0 Å². The van der Waals surface area contributed by atoms with E-state index in [1.165, 1.54) is 4.57 Å². The molecule has 2 aromatic heterocycles. The minimum atomic E-state index is -0.230. The fourth-order valence-corrected chi connectivity index (χ4v) is 4.16. The number of urea groups is 1. The van der Waals surface area contributed by atoms with E-state index in [0.29, 0.717) is 11.1 Å². The molecule has 1 aromatic carbocycles. The molecular formula is C20H23N5O2S. The molecule has 2 amide bonds. The van der Waals surface area contributed by atoms with E-state index in [9.17, 15) is 9.59 Å². The summed E-state index contributed by atoms with van der Waals surface area (Å²) in [6.45, 7) is 2.74. The smallest absolute Gasteiger partial charge is 0.319 e. The normalized spacial score (nSPS) is 15.6. The highest BCUT2D eigenvalue weighted by Crippen LogP contribution is 2.21. The lowest BCUT2D eigenvalue weighted by atomic mass is 10.1. The van der Waals surface area contributed by atoms with Gasteiger partial charge in [-0.05, 0) is 31.0 Å². The van der Waals surface area contributed by atoms with Gasteiger partial charge in [0.05, 0.1) is 16.9 Å². The third kappa shape index (κ3) is 4.07. The van der Waals surface area contributed by atoms with Gasteiger partial charge in [-0.1, -0.05) is 6.07 Å². The monoisotopic (exact) mass is 397 g/mol. The van der Waals surface area contributed by atoms with Crippen molar-refractivity contribution in [2.45, 2.75) is 25.4 Å². The van der Waals surface area contributed by atoms with Crippen LogP contribution in [0.2, 0.25) is 0 Å². The highest BCUT2D eigenvalue weighted by Gasteiger charge is 2.21. The maximum absolute atomic E-state index is 12.5. The van der Waals surface area contributed by atoms with Crippen molar-refractivity contribution < 1.29 is 4.79 Å². The zero-order valence-electron chi connectivity index (χ0n) is 15.7. The zero-order valence-corrected chi connectivity index (χ0v) is 16.5. The lowest BCUT2D eigenvalue weighted by Crippen LogP contribution is -2.45. The predicted octanol–water partition coefficient (Wildman–Crippen LogP) is 2.78. The molecule has 0 bridgehead atoms. The number of aromatic nitrogens is 2. The van der Waals surface area contributed by atoms with Gasteiger partial charge in [-0.25, -0.2) is 9.78 Å². The molecule has 1 saturated heterocycles. The Morgan fingerprint density at radius 2 is 2.07 bits per heavy atom. The van der Waals surface area contributed by atoms with Gasteiger partial charge in [0.15, 0.2) is 0 Å². The zero-order chi connectivity index (χ0) is 19.5. The number of likely N-dealkylation sites (tertiary alicyclic amines) is 1. The molecule has 2 N–H and O–H groups in total. The first kappa shape index (κ1) is 18.6. The van der Waals surface area contributed by atoms with Gasteiger partial charge in [-0.15, -0.1) is 11.3 Å². The number of nitrogens with one attached hydrogen (secondary N) is 2. The summed E-state index contributed by atoms with van der Waals surface area (Å²) in [5, 5.41) is 9.39. The van der Waals surface area contributed by atoms with Crippen molar-refractivity contribution >= 4 is 33.8 Å². The third-order valence-electron chi connectivity index (χ3n) is 5.16. The van der Waals surface area contributed by atoms with Gasteiger partial charge in [0.1, 0.15) is 0 Å². The van der Waals surface area contributed by atoms with Gasteiger partial charge in [-0.2, -0.15) is 0 Å². The molecule has 0 spiro atoms. The molecule has 3 aromatic rings. The Morgan fingerprint density at radius 3 is 2.82 bits per heavy atom. The molecule has 28 heavy (non-hydrogen) atoms. The number of nitrogens with zero attached hydrogens (tertiary/aromatic N) is 3. The van der Waals surface area contributed by atoms with Crippen molar-refractivity contribution in [2.75, 3.05) is 18.4 Å². The number of benzene rings is 1. The standard InChI is InChI=1S/C20H23N5O2S/c1-24-8-7-16-17(19(24)26)3-2-4-18(16)23-20(27)22-14-5-9-25(10-6-14)11-15-12-28-13-21-15/h2-4,7-8,12-14H,5-6,9-11H2,1H3,(H2,22,23,27). The van der Waals surface area contributed by atoms with Crippen molar-refractivity contribution in [1.82, 2.24) is 19.8 Å². The minimum absolute atomic E-state index is 0.0750. The summed E-state index contributed by atoms with van der Waals surface area (Å²) in [5.41, 5.74) is 3.54. The average Bonchev–Trinajstić information content (AvgIpc) is 3.20. The fourth-order valence-electron chi connectivity index (χ4n) is 3.61. The lowest BCUT2D eigenvalue weighted by Gasteiger charge is -2.31. The number of hydrogen-bond donors (Lipinski definition) is 2. The summed E-state index contributed by atoms with van der Waals surface area (Å²) in [6.07, 6.45) is 3.53. The van der Waals surface area contributed by atoms with Crippen LogP contribution in [0.3, 0.4) is 0 Å². The number of carbonyl (C=O) groups excluding carboxylic acids is 1. The number of piperidine rings is 1. The topological polar surface area (TPSA) is 79.3 Å². The molecular weight excluding hydrogens is 374 g/mol. The molecule has 0 aliphatic carbocycles. The lowest BCUT2D eigenvalue weighted by molar-refractivity contribution is 0.188. The largest absolute Gasteiger partial charge is 0.335 e. The number of carbonyl (C=O) groups is 1. The van der Waals surface area contributed by atoms with Crippen molar-refractivity contribution in [3.05, 3.63) is 57.4 Å². The first-order chi connectivity index (χ1) is 13.6. The van der Waals surface area contributed by atoms with Crippen LogP contribution in [0.25, 0.3) is 10.8 Å². The van der Waals surface area contributed by atoms with E-state index in [1.54, 1.807) is 36.7 Å². The second-order valence-electron chi connectivity index (χ2n) is 7.13. The molecule has 146 valence electrons. The van der Waals surface area contributed by atoms with Crippen LogP contribution >= 0.6 is 11.3 Å². The van der Waals surface area contributed by atoms with Crippen LogP contribution in [-0.2, 0) is 13.6 Å². The molecule has 7 nitrogen and oxygen atoms in total. The summed E-state index contributed by atoms with van der Waals surface area (Å²) in [6, 6.07) is 7.15. The van der Waals surface area contributed by atoms with E-state index in [0.717, 1.165) is 43.6 Å². The molecule has 0 radical (unpaired) electrons. The second kappa shape index (κ2) is 8.12. The van der Waals surface area contributed by atoms with Gasteiger partial charge in [0.25, 0.3) is 5.56 Å². The summed E-state index contributed by atoms with van der Waals surface area (Å²) in [4.78, 5) is 31.4. The van der Waals surface area contributed by atoms with Crippen LogP contribution in [0.1, 0.15) is 18.5 Å². The van der Waals surface area contributed by atoms with Crippen molar-refractivity contribution in [1.29, 1.82) is 0 Å². The minimum Gasteiger partial charge on any atom is -0.335 e. The summed E-state index contributed by atoms with van der Waals surface area (Å²) in [7, 11) is 1.72. The Bertz CT molecular complexity index is 1020. The van der Waals surface area contributed by atoms with Gasteiger partial charge < -0.3 is 15.2 Å². The molecule has 1 aliphatic rings.